The van der Waals surface area contributed by atoms with Crippen LogP contribution in [0.4, 0.5) is 11.5 Å². The molecule has 1 aliphatic rings. The lowest BCUT2D eigenvalue weighted by molar-refractivity contribution is -0.125. The van der Waals surface area contributed by atoms with E-state index in [2.05, 4.69) is 15.7 Å². The third kappa shape index (κ3) is 3.11. The third-order valence-electron chi connectivity index (χ3n) is 4.79. The third-order valence-corrected chi connectivity index (χ3v) is 4.79. The van der Waals surface area contributed by atoms with Gasteiger partial charge >= 0.3 is 0 Å². The van der Waals surface area contributed by atoms with Gasteiger partial charge in [0.1, 0.15) is 17.6 Å². The Kier molecular flexibility index (Phi) is 4.57. The first kappa shape index (κ1) is 17.8. The maximum Gasteiger partial charge on any atom is 0.249 e. The molecule has 0 saturated heterocycles. The molecular formula is C21H20N4O3. The molecule has 0 aliphatic carbocycles. The van der Waals surface area contributed by atoms with Crippen LogP contribution in [0.3, 0.4) is 0 Å². The summed E-state index contributed by atoms with van der Waals surface area (Å²) in [5, 5.41) is 10.4. The molecule has 3 aromatic rings. The lowest BCUT2D eigenvalue weighted by Crippen LogP contribution is -2.36. The monoisotopic (exact) mass is 376 g/mol. The summed E-state index contributed by atoms with van der Waals surface area (Å²) in [6.45, 7) is 1.89. The van der Waals surface area contributed by atoms with Gasteiger partial charge < -0.3 is 15.4 Å². The number of nitrogens with zero attached hydrogens (tertiary/aromatic N) is 2. The predicted molar refractivity (Wildman–Crippen MR) is 106 cm³/mol. The van der Waals surface area contributed by atoms with E-state index in [4.69, 9.17) is 4.74 Å². The van der Waals surface area contributed by atoms with Crippen LogP contribution in [0.15, 0.2) is 54.6 Å². The fourth-order valence-electron chi connectivity index (χ4n) is 3.38. The van der Waals surface area contributed by atoms with Crippen LogP contribution in [0.2, 0.25) is 0 Å². The van der Waals surface area contributed by atoms with Gasteiger partial charge in [-0.2, -0.15) is 5.10 Å². The number of ether oxygens (including phenoxy) is 1. The van der Waals surface area contributed by atoms with E-state index in [0.29, 0.717) is 17.3 Å². The zero-order valence-corrected chi connectivity index (χ0v) is 15.6. The van der Waals surface area contributed by atoms with Crippen LogP contribution in [0, 0.1) is 6.92 Å². The number of carbonyl (C=O) groups is 2. The number of benzene rings is 2. The van der Waals surface area contributed by atoms with Gasteiger partial charge in [-0.25, -0.2) is 4.68 Å². The van der Waals surface area contributed by atoms with Crippen LogP contribution in [0.25, 0.3) is 11.3 Å². The highest BCUT2D eigenvalue weighted by Crippen LogP contribution is 2.35. The number of para-hydroxylation sites is 2. The number of nitrogens with one attached hydrogen (secondary N) is 2. The standard InChI is InChI=1S/C21H20N4O3/c1-13-19(14-8-4-3-5-9-14)24-25-16(12-18(26)23-20(13)25)21(27)22-15-10-6-7-11-17(15)28-2/h3-11,16H,12H2,1-2H3,(H,22,27)(H,23,26). The van der Waals surface area contributed by atoms with Crippen molar-refractivity contribution in [1.82, 2.24) is 9.78 Å². The fraction of sp³-hybridized carbons (Fsp3) is 0.190. The summed E-state index contributed by atoms with van der Waals surface area (Å²) in [5.41, 5.74) is 3.05. The first-order chi connectivity index (χ1) is 13.6. The van der Waals surface area contributed by atoms with Crippen LogP contribution in [-0.4, -0.2) is 28.7 Å². The summed E-state index contributed by atoms with van der Waals surface area (Å²) in [6.07, 6.45) is 0.0172. The van der Waals surface area contributed by atoms with Crippen LogP contribution in [0.5, 0.6) is 5.75 Å². The van der Waals surface area contributed by atoms with Crippen molar-refractivity contribution >= 4 is 23.3 Å². The highest BCUT2D eigenvalue weighted by atomic mass is 16.5. The molecule has 0 spiro atoms. The van der Waals surface area contributed by atoms with Gasteiger partial charge in [0.15, 0.2) is 0 Å². The Bertz CT molecular complexity index is 1040. The van der Waals surface area contributed by atoms with E-state index in [1.807, 2.05) is 49.4 Å². The van der Waals surface area contributed by atoms with Crippen molar-refractivity contribution in [3.8, 4) is 17.0 Å². The quantitative estimate of drug-likeness (QED) is 0.731. The Labute approximate surface area is 162 Å². The molecule has 2 N–H and O–H groups in total. The minimum Gasteiger partial charge on any atom is -0.495 e. The molecule has 2 heterocycles. The molecule has 1 unspecified atom stereocenters. The number of methoxy groups -OCH3 is 1. The second kappa shape index (κ2) is 7.19. The Morgan fingerprint density at radius 3 is 2.64 bits per heavy atom. The molecule has 1 aromatic heterocycles. The van der Waals surface area contributed by atoms with E-state index >= 15 is 0 Å². The summed E-state index contributed by atoms with van der Waals surface area (Å²) >= 11 is 0. The predicted octanol–water partition coefficient (Wildman–Crippen LogP) is 3.39. The Balaban J connectivity index is 1.70. The number of rotatable bonds is 4. The highest BCUT2D eigenvalue weighted by Gasteiger charge is 2.34. The summed E-state index contributed by atoms with van der Waals surface area (Å²) in [4.78, 5) is 25.3. The molecule has 2 amide bonds. The minimum atomic E-state index is -0.746. The zero-order valence-electron chi connectivity index (χ0n) is 15.6. The molecule has 7 nitrogen and oxygen atoms in total. The van der Waals surface area contributed by atoms with Crippen LogP contribution in [-0.2, 0) is 9.59 Å². The normalized spacial score (nSPS) is 15.5. The van der Waals surface area contributed by atoms with Crippen LogP contribution < -0.4 is 15.4 Å². The van der Waals surface area contributed by atoms with Crippen molar-refractivity contribution < 1.29 is 14.3 Å². The van der Waals surface area contributed by atoms with Gasteiger partial charge in [-0.05, 0) is 19.1 Å². The van der Waals surface area contributed by atoms with Crippen molar-refractivity contribution in [3.63, 3.8) is 0 Å². The first-order valence-corrected chi connectivity index (χ1v) is 8.96. The van der Waals surface area contributed by atoms with Gasteiger partial charge in [0.25, 0.3) is 0 Å². The molecule has 4 rings (SSSR count). The fourth-order valence-corrected chi connectivity index (χ4v) is 3.38. The van der Waals surface area contributed by atoms with Gasteiger partial charge in [0.05, 0.1) is 24.9 Å². The number of fused-ring (bicyclic) bond motifs is 1. The van der Waals surface area contributed by atoms with Gasteiger partial charge in [-0.3, -0.25) is 9.59 Å². The lowest BCUT2D eigenvalue weighted by Gasteiger charge is -2.24. The summed E-state index contributed by atoms with van der Waals surface area (Å²) in [7, 11) is 1.54. The minimum absolute atomic E-state index is 0.0172. The Hall–Kier alpha value is -3.61. The molecule has 7 heteroatoms. The van der Waals surface area contributed by atoms with Crippen molar-refractivity contribution in [2.45, 2.75) is 19.4 Å². The summed E-state index contributed by atoms with van der Waals surface area (Å²) in [5.74, 6) is 0.575. The number of hydrogen-bond acceptors (Lipinski definition) is 4. The number of aromatic nitrogens is 2. The molecule has 1 aliphatic heterocycles. The number of anilines is 2. The number of amides is 2. The molecular weight excluding hydrogens is 356 g/mol. The topological polar surface area (TPSA) is 85.2 Å². The SMILES string of the molecule is COc1ccccc1NC(=O)C1CC(=O)Nc2c(C)c(-c3ccccc3)nn21. The molecule has 0 radical (unpaired) electrons. The highest BCUT2D eigenvalue weighted by molar-refractivity contribution is 6.02. The zero-order chi connectivity index (χ0) is 19.7. The molecule has 1 atom stereocenters. The molecule has 0 saturated carbocycles. The lowest BCUT2D eigenvalue weighted by atomic mass is 10.1. The van der Waals surface area contributed by atoms with E-state index in [9.17, 15) is 9.59 Å². The van der Waals surface area contributed by atoms with Crippen molar-refractivity contribution in [2.75, 3.05) is 17.7 Å². The molecule has 28 heavy (non-hydrogen) atoms. The smallest absolute Gasteiger partial charge is 0.249 e. The largest absolute Gasteiger partial charge is 0.495 e. The second-order valence-corrected chi connectivity index (χ2v) is 6.59. The average molecular weight is 376 g/mol. The number of carbonyl (C=O) groups excluding carboxylic acids is 2. The van der Waals surface area contributed by atoms with Crippen LogP contribution in [0.1, 0.15) is 18.0 Å². The molecule has 2 aromatic carbocycles. The van der Waals surface area contributed by atoms with Crippen molar-refractivity contribution in [2.24, 2.45) is 0 Å². The molecule has 0 bridgehead atoms. The molecule has 142 valence electrons. The van der Waals surface area contributed by atoms with Crippen LogP contribution >= 0.6 is 0 Å². The van der Waals surface area contributed by atoms with E-state index in [-0.39, 0.29) is 18.2 Å². The van der Waals surface area contributed by atoms with Gasteiger partial charge in [0.2, 0.25) is 11.8 Å². The van der Waals surface area contributed by atoms with E-state index in [1.54, 1.807) is 23.9 Å². The van der Waals surface area contributed by atoms with Gasteiger partial charge in [-0.15, -0.1) is 0 Å². The van der Waals surface area contributed by atoms with Gasteiger partial charge in [0, 0.05) is 11.1 Å². The Morgan fingerprint density at radius 1 is 1.18 bits per heavy atom. The Morgan fingerprint density at radius 2 is 1.89 bits per heavy atom. The van der Waals surface area contributed by atoms with Crippen molar-refractivity contribution in [1.29, 1.82) is 0 Å². The summed E-state index contributed by atoms with van der Waals surface area (Å²) < 4.78 is 6.89. The maximum absolute atomic E-state index is 13.0. The van der Waals surface area contributed by atoms with Gasteiger partial charge in [-0.1, -0.05) is 42.5 Å². The number of hydrogen-bond donors (Lipinski definition) is 2. The first-order valence-electron chi connectivity index (χ1n) is 8.96. The second-order valence-electron chi connectivity index (χ2n) is 6.59. The average Bonchev–Trinajstić information content (AvgIpc) is 3.05. The van der Waals surface area contributed by atoms with E-state index in [0.717, 1.165) is 16.8 Å². The maximum atomic E-state index is 13.0. The van der Waals surface area contributed by atoms with E-state index < -0.39 is 6.04 Å². The van der Waals surface area contributed by atoms with E-state index in [1.165, 1.54) is 0 Å². The summed E-state index contributed by atoms with van der Waals surface area (Å²) in [6, 6.07) is 16.1. The molecule has 0 fully saturated rings. The van der Waals surface area contributed by atoms with Crippen molar-refractivity contribution in [3.05, 3.63) is 60.2 Å².